The summed E-state index contributed by atoms with van der Waals surface area (Å²) in [6, 6.07) is -8.03. The smallest absolute Gasteiger partial charge is 0.322 e. The van der Waals surface area contributed by atoms with Crippen molar-refractivity contribution in [1.82, 2.24) is 36.8 Å². The first-order valence-electron chi connectivity index (χ1n) is 20.5. The minimum Gasteiger partial charge on any atom is -0.480 e. The Morgan fingerprint density at radius 1 is 0.712 bits per heavy atom. The Kier molecular flexibility index (Phi) is 23.8. The Bertz CT molecular complexity index is 1450. The molecule has 0 radical (unpaired) electrons. The van der Waals surface area contributed by atoms with Crippen molar-refractivity contribution in [2.24, 2.45) is 34.8 Å². The van der Waals surface area contributed by atoms with Crippen LogP contribution in [-0.2, 0) is 43.2 Å². The highest BCUT2D eigenvalue weighted by atomic mass is 16.4. The van der Waals surface area contributed by atoms with E-state index in [0.29, 0.717) is 45.1 Å². The number of rotatable bonds is 28. The number of carbonyl (C=O) groups is 9. The van der Waals surface area contributed by atoms with Crippen molar-refractivity contribution >= 4 is 53.2 Å². The van der Waals surface area contributed by atoms with E-state index in [-0.39, 0.29) is 50.6 Å². The summed E-state index contributed by atoms with van der Waals surface area (Å²) in [5, 5.41) is 24.3. The number of likely N-dealkylation sites (tertiary alicyclic amines) is 1. The number of nitrogens with zero attached hydrogens (tertiary/aromatic N) is 1. The average Bonchev–Trinajstić information content (AvgIpc) is 3.67. The number of amides is 8. The molecule has 0 aliphatic carbocycles. The largest absolute Gasteiger partial charge is 0.480 e. The van der Waals surface area contributed by atoms with Gasteiger partial charge < -0.3 is 64.8 Å². The highest BCUT2D eigenvalue weighted by molar-refractivity contribution is 5.98. The number of carboxylic acids is 1. The molecule has 1 aliphatic heterocycles. The molecule has 1 saturated heterocycles. The fraction of sp³-hybridized carbons (Fsp3) is 0.763. The van der Waals surface area contributed by atoms with E-state index in [9.17, 15) is 43.2 Å². The van der Waals surface area contributed by atoms with Gasteiger partial charge in [0.2, 0.25) is 47.3 Å². The van der Waals surface area contributed by atoms with Gasteiger partial charge in [0.15, 0.2) is 0 Å². The predicted octanol–water partition coefficient (Wildman–Crippen LogP) is -2.83. The number of carboxylic acid groups (broad SMARTS) is 1. The second-order valence-corrected chi connectivity index (χ2v) is 15.6. The maximum Gasteiger partial charge on any atom is 0.322 e. The Hall–Kier alpha value is -4.89. The highest BCUT2D eigenvalue weighted by Gasteiger charge is 2.39. The van der Waals surface area contributed by atoms with Crippen molar-refractivity contribution in [1.29, 1.82) is 0 Å². The molecule has 1 heterocycles. The summed E-state index contributed by atoms with van der Waals surface area (Å²) in [6.45, 7) is 8.85. The van der Waals surface area contributed by atoms with Gasteiger partial charge >= 0.3 is 5.97 Å². The lowest BCUT2D eigenvalue weighted by Gasteiger charge is -2.30. The lowest BCUT2D eigenvalue weighted by Crippen LogP contribution is -2.60. The van der Waals surface area contributed by atoms with Crippen LogP contribution < -0.4 is 54.8 Å². The van der Waals surface area contributed by atoms with Crippen molar-refractivity contribution in [2.45, 2.75) is 148 Å². The van der Waals surface area contributed by atoms with Gasteiger partial charge in [0, 0.05) is 6.54 Å². The van der Waals surface area contributed by atoms with Gasteiger partial charge in [0.05, 0.1) is 12.5 Å². The zero-order valence-electron chi connectivity index (χ0n) is 35.2. The molecule has 0 saturated carbocycles. The molecule has 21 heteroatoms. The zero-order chi connectivity index (χ0) is 44.8. The second kappa shape index (κ2) is 27.0. The number of unbranched alkanes of at least 4 members (excludes halogenated alkanes) is 2. The summed E-state index contributed by atoms with van der Waals surface area (Å²) in [5.74, 6) is -7.42. The van der Waals surface area contributed by atoms with Gasteiger partial charge in [-0.1, -0.05) is 34.1 Å². The van der Waals surface area contributed by atoms with Crippen LogP contribution in [0, 0.1) is 11.8 Å². The molecule has 8 amide bonds. The van der Waals surface area contributed by atoms with Gasteiger partial charge in [-0.2, -0.15) is 0 Å². The maximum atomic E-state index is 13.8. The summed E-state index contributed by atoms with van der Waals surface area (Å²) in [6.07, 6.45) is 3.03. The van der Waals surface area contributed by atoms with Crippen LogP contribution >= 0.6 is 0 Å². The molecule has 21 nitrogen and oxygen atoms in total. The van der Waals surface area contributed by atoms with Crippen molar-refractivity contribution in [3.63, 3.8) is 0 Å². The molecule has 1 fully saturated rings. The highest BCUT2D eigenvalue weighted by Crippen LogP contribution is 2.20. The fourth-order valence-electron chi connectivity index (χ4n) is 6.41. The summed E-state index contributed by atoms with van der Waals surface area (Å²) in [5.41, 5.74) is 22.8. The Labute approximate surface area is 346 Å². The van der Waals surface area contributed by atoms with Crippen LogP contribution in [-0.4, -0.2) is 132 Å². The Balaban J connectivity index is 3.22. The van der Waals surface area contributed by atoms with Crippen LogP contribution in [0.2, 0.25) is 0 Å². The summed E-state index contributed by atoms with van der Waals surface area (Å²) >= 11 is 0. The maximum absolute atomic E-state index is 13.8. The third kappa shape index (κ3) is 18.7. The first-order chi connectivity index (χ1) is 27.8. The molecule has 1 rings (SSSR count). The first-order valence-corrected chi connectivity index (χ1v) is 20.5. The van der Waals surface area contributed by atoms with Gasteiger partial charge in [0.25, 0.3) is 0 Å². The average molecular weight is 840 g/mol. The van der Waals surface area contributed by atoms with Gasteiger partial charge in [0.1, 0.15) is 42.8 Å². The number of hydrogen-bond acceptors (Lipinski definition) is 12. The van der Waals surface area contributed by atoms with Gasteiger partial charge in [-0.05, 0) is 89.6 Å². The standard InChI is InChI=1S/C38H69N11O10/c1-6-22(4)31(42)37(58)46-24(12-7-9-15-39)33(54)44-23(5)32(53)47-26(18-21(2)3)35(56)45-25(13-8-10-16-40)34(55)48-27(19-29(41)50)38(59)49-17-11-14-28(49)36(57)43-20-30(51)52/h21-28,31H,6-20,39-40,42H2,1-5H3,(H2,41,50)(H,43,57)(H,44,54)(H,45,56)(H,46,58)(H,47,53)(H,48,55)(H,51,52). The van der Waals surface area contributed by atoms with E-state index >= 15 is 0 Å². The number of nitrogens with one attached hydrogen (secondary N) is 6. The van der Waals surface area contributed by atoms with Crippen LogP contribution in [0.25, 0.3) is 0 Å². The number of hydrogen-bond donors (Lipinski definition) is 11. The first kappa shape index (κ1) is 52.1. The number of aliphatic carboxylic acids is 1. The van der Waals surface area contributed by atoms with Crippen molar-refractivity contribution in [3.8, 4) is 0 Å². The van der Waals surface area contributed by atoms with Crippen LogP contribution in [0.15, 0.2) is 0 Å². The molecule has 1 aliphatic rings. The van der Waals surface area contributed by atoms with E-state index in [4.69, 9.17) is 28.0 Å². The third-order valence-electron chi connectivity index (χ3n) is 10.1. The summed E-state index contributed by atoms with van der Waals surface area (Å²) < 4.78 is 0. The topological polar surface area (TPSA) is 353 Å². The summed E-state index contributed by atoms with van der Waals surface area (Å²) in [4.78, 5) is 118. The van der Waals surface area contributed by atoms with Crippen LogP contribution in [0.3, 0.4) is 0 Å². The Morgan fingerprint density at radius 2 is 1.22 bits per heavy atom. The van der Waals surface area contributed by atoms with Crippen LogP contribution in [0.5, 0.6) is 0 Å². The van der Waals surface area contributed by atoms with E-state index < -0.39 is 108 Å². The predicted molar refractivity (Wildman–Crippen MR) is 217 cm³/mol. The molecule has 8 unspecified atom stereocenters. The molecule has 0 spiro atoms. The Morgan fingerprint density at radius 3 is 1.73 bits per heavy atom. The molecule has 336 valence electrons. The van der Waals surface area contributed by atoms with Crippen LogP contribution in [0.4, 0.5) is 0 Å². The number of primary amides is 1. The second-order valence-electron chi connectivity index (χ2n) is 15.6. The van der Waals surface area contributed by atoms with E-state index in [2.05, 4.69) is 31.9 Å². The molecular formula is C38H69N11O10. The molecule has 8 atom stereocenters. The fourth-order valence-corrected chi connectivity index (χ4v) is 6.41. The van der Waals surface area contributed by atoms with Gasteiger partial charge in [-0.15, -0.1) is 0 Å². The molecule has 0 aromatic rings. The molecule has 0 aromatic heterocycles. The quantitative estimate of drug-likeness (QED) is 0.0355. The summed E-state index contributed by atoms with van der Waals surface area (Å²) in [7, 11) is 0. The number of nitrogens with two attached hydrogens (primary N) is 4. The lowest BCUT2D eigenvalue weighted by atomic mass is 9.98. The molecule has 0 bridgehead atoms. The van der Waals surface area contributed by atoms with Crippen molar-refractivity contribution in [3.05, 3.63) is 0 Å². The molecule has 59 heavy (non-hydrogen) atoms. The van der Waals surface area contributed by atoms with E-state index in [1.165, 1.54) is 6.92 Å². The monoisotopic (exact) mass is 840 g/mol. The number of carbonyl (C=O) groups excluding carboxylic acids is 8. The van der Waals surface area contributed by atoms with E-state index in [1.807, 2.05) is 27.7 Å². The molecule has 15 N–H and O–H groups in total. The van der Waals surface area contributed by atoms with Gasteiger partial charge in [-0.3, -0.25) is 43.2 Å². The third-order valence-corrected chi connectivity index (χ3v) is 10.1. The minimum absolute atomic E-state index is 0.0585. The lowest BCUT2D eigenvalue weighted by molar-refractivity contribution is -0.144. The molecule has 0 aromatic carbocycles. The zero-order valence-corrected chi connectivity index (χ0v) is 35.2. The van der Waals surface area contributed by atoms with Crippen LogP contribution in [0.1, 0.15) is 105 Å². The van der Waals surface area contributed by atoms with E-state index in [1.54, 1.807) is 0 Å². The van der Waals surface area contributed by atoms with Crippen molar-refractivity contribution in [2.75, 3.05) is 26.2 Å². The molecular weight excluding hydrogens is 770 g/mol. The van der Waals surface area contributed by atoms with E-state index in [0.717, 1.165) is 4.90 Å². The van der Waals surface area contributed by atoms with Gasteiger partial charge in [-0.25, -0.2) is 0 Å². The minimum atomic E-state index is -1.52. The normalized spacial score (nSPS) is 17.3. The SMILES string of the molecule is CCC(C)C(N)C(=O)NC(CCCCN)C(=O)NC(C)C(=O)NC(CC(C)C)C(=O)NC(CCCCN)C(=O)NC(CC(N)=O)C(=O)N1CCCC1C(=O)NCC(=O)O. The van der Waals surface area contributed by atoms with Crippen molar-refractivity contribution < 1.29 is 48.3 Å².